The molecule has 0 saturated carbocycles. The van der Waals surface area contributed by atoms with E-state index in [0.29, 0.717) is 5.69 Å². The van der Waals surface area contributed by atoms with E-state index >= 15 is 0 Å². The molecule has 0 fully saturated rings. The van der Waals surface area contributed by atoms with E-state index in [1.807, 2.05) is 24.3 Å². The molecular weight excluding hydrogens is 266 g/mol. The monoisotopic (exact) mass is 283 g/mol. The molecular formula is C15H17N5O. The van der Waals surface area contributed by atoms with Crippen LogP contribution in [-0.4, -0.2) is 24.5 Å². The van der Waals surface area contributed by atoms with Crippen molar-refractivity contribution in [2.24, 2.45) is 0 Å². The van der Waals surface area contributed by atoms with Gasteiger partial charge < -0.3 is 0 Å². The smallest absolute Gasteiger partial charge is 0.296 e. The summed E-state index contributed by atoms with van der Waals surface area (Å²) in [6.45, 7) is 6.48. The molecule has 2 aromatic heterocycles. The number of hydrogen-bond acceptors (Lipinski definition) is 3. The molecule has 0 aliphatic carbocycles. The predicted octanol–water partition coefficient (Wildman–Crippen LogP) is 2.04. The van der Waals surface area contributed by atoms with Crippen LogP contribution < -0.4 is 5.56 Å². The van der Waals surface area contributed by atoms with E-state index in [1.54, 1.807) is 6.20 Å². The van der Waals surface area contributed by atoms with Gasteiger partial charge in [-0.3, -0.25) is 9.89 Å². The summed E-state index contributed by atoms with van der Waals surface area (Å²) >= 11 is 0. The van der Waals surface area contributed by atoms with Crippen LogP contribution in [0.25, 0.3) is 11.4 Å². The van der Waals surface area contributed by atoms with Crippen LogP contribution in [0.5, 0.6) is 0 Å². The van der Waals surface area contributed by atoms with Gasteiger partial charge in [-0.15, -0.1) is 0 Å². The molecule has 1 N–H and O–H groups in total. The molecule has 0 amide bonds. The van der Waals surface area contributed by atoms with Gasteiger partial charge in [0, 0.05) is 0 Å². The van der Waals surface area contributed by atoms with Gasteiger partial charge in [0.25, 0.3) is 5.56 Å². The summed E-state index contributed by atoms with van der Waals surface area (Å²) in [6.07, 6.45) is 4.52. The lowest BCUT2D eigenvalue weighted by Crippen LogP contribution is -2.19. The topological polar surface area (TPSA) is 68.5 Å². The third-order valence-corrected chi connectivity index (χ3v) is 3.41. The second kappa shape index (κ2) is 4.73. The Morgan fingerprint density at radius 3 is 2.43 bits per heavy atom. The summed E-state index contributed by atoms with van der Waals surface area (Å²) in [7, 11) is 0. The van der Waals surface area contributed by atoms with Crippen LogP contribution in [-0.2, 0) is 5.41 Å². The first-order valence-corrected chi connectivity index (χ1v) is 6.73. The Bertz CT molecular complexity index is 788. The number of rotatable bonds is 2. The molecule has 0 radical (unpaired) electrons. The molecule has 0 spiro atoms. The van der Waals surface area contributed by atoms with E-state index in [9.17, 15) is 4.79 Å². The van der Waals surface area contributed by atoms with Crippen molar-refractivity contribution in [3.8, 4) is 11.4 Å². The average Bonchev–Trinajstić information content (AvgIpc) is 3.07. The van der Waals surface area contributed by atoms with E-state index in [2.05, 4.69) is 36.0 Å². The number of benzene rings is 1. The van der Waals surface area contributed by atoms with Crippen molar-refractivity contribution in [2.75, 3.05) is 0 Å². The highest BCUT2D eigenvalue weighted by Gasteiger charge is 2.14. The summed E-state index contributed by atoms with van der Waals surface area (Å²) in [5, 5.41) is 6.93. The van der Waals surface area contributed by atoms with Crippen LogP contribution in [0, 0.1) is 0 Å². The van der Waals surface area contributed by atoms with Crippen LogP contribution in [0.2, 0.25) is 0 Å². The largest absolute Gasteiger partial charge is 0.297 e. The van der Waals surface area contributed by atoms with Gasteiger partial charge in [0.05, 0.1) is 11.9 Å². The SMILES string of the molecule is CC(C)(C)c1ccc(-n2[nH]cc(-n3cncn3)c2=O)cc1. The van der Waals surface area contributed by atoms with Gasteiger partial charge in [-0.25, -0.2) is 14.3 Å². The molecule has 6 nitrogen and oxygen atoms in total. The summed E-state index contributed by atoms with van der Waals surface area (Å²) in [5.41, 5.74) is 2.38. The van der Waals surface area contributed by atoms with Crippen molar-refractivity contribution < 1.29 is 0 Å². The van der Waals surface area contributed by atoms with Gasteiger partial charge in [-0.2, -0.15) is 5.10 Å². The number of nitrogens with zero attached hydrogens (tertiary/aromatic N) is 4. The summed E-state index contributed by atoms with van der Waals surface area (Å²) < 4.78 is 2.93. The van der Waals surface area contributed by atoms with Crippen molar-refractivity contribution in [3.05, 3.63) is 59.0 Å². The summed E-state index contributed by atoms with van der Waals surface area (Å²) in [6, 6.07) is 7.95. The molecule has 108 valence electrons. The highest BCUT2D eigenvalue weighted by atomic mass is 16.1. The number of hydrogen-bond donors (Lipinski definition) is 1. The first-order chi connectivity index (χ1) is 9.97. The molecule has 21 heavy (non-hydrogen) atoms. The second-order valence-electron chi connectivity index (χ2n) is 5.94. The van der Waals surface area contributed by atoms with Crippen molar-refractivity contribution in [3.63, 3.8) is 0 Å². The van der Waals surface area contributed by atoms with Crippen molar-refractivity contribution in [1.29, 1.82) is 0 Å². The van der Waals surface area contributed by atoms with E-state index in [0.717, 1.165) is 5.69 Å². The third-order valence-electron chi connectivity index (χ3n) is 3.41. The Kier molecular flexibility index (Phi) is 3.01. The molecule has 0 saturated heterocycles. The quantitative estimate of drug-likeness (QED) is 0.782. The average molecular weight is 283 g/mol. The lowest BCUT2D eigenvalue weighted by molar-refractivity contribution is 0.590. The molecule has 0 unspecified atom stereocenters. The maximum absolute atomic E-state index is 12.4. The zero-order valence-corrected chi connectivity index (χ0v) is 12.2. The Hall–Kier alpha value is -2.63. The van der Waals surface area contributed by atoms with Crippen LogP contribution in [0.1, 0.15) is 26.3 Å². The van der Waals surface area contributed by atoms with Crippen molar-refractivity contribution >= 4 is 0 Å². The van der Waals surface area contributed by atoms with E-state index < -0.39 is 0 Å². The minimum atomic E-state index is -0.163. The van der Waals surface area contributed by atoms with Gasteiger partial charge in [-0.1, -0.05) is 32.9 Å². The summed E-state index contributed by atoms with van der Waals surface area (Å²) in [4.78, 5) is 16.2. The number of aromatic amines is 1. The van der Waals surface area contributed by atoms with Crippen molar-refractivity contribution in [1.82, 2.24) is 24.5 Å². The molecule has 0 aliphatic rings. The molecule has 0 atom stereocenters. The van der Waals surface area contributed by atoms with E-state index in [-0.39, 0.29) is 11.0 Å². The maximum Gasteiger partial charge on any atom is 0.297 e. The fourth-order valence-electron chi connectivity index (χ4n) is 2.16. The molecule has 0 aliphatic heterocycles. The molecule has 3 rings (SSSR count). The van der Waals surface area contributed by atoms with Gasteiger partial charge in [0.15, 0.2) is 5.69 Å². The van der Waals surface area contributed by atoms with Crippen LogP contribution in [0.15, 0.2) is 47.9 Å². The Balaban J connectivity index is 2.01. The second-order valence-corrected chi connectivity index (χ2v) is 5.94. The van der Waals surface area contributed by atoms with Gasteiger partial charge in [0.1, 0.15) is 12.7 Å². The molecule has 0 bridgehead atoms. The molecule has 3 aromatic rings. The Labute approximate surface area is 122 Å². The first-order valence-electron chi connectivity index (χ1n) is 6.73. The van der Waals surface area contributed by atoms with E-state index in [1.165, 1.54) is 27.6 Å². The van der Waals surface area contributed by atoms with Crippen LogP contribution in [0.3, 0.4) is 0 Å². The lowest BCUT2D eigenvalue weighted by atomic mass is 9.87. The van der Waals surface area contributed by atoms with Gasteiger partial charge >= 0.3 is 0 Å². The van der Waals surface area contributed by atoms with Gasteiger partial charge in [-0.05, 0) is 23.1 Å². The number of aromatic nitrogens is 5. The van der Waals surface area contributed by atoms with Crippen molar-refractivity contribution in [2.45, 2.75) is 26.2 Å². The molecule has 1 aromatic carbocycles. The maximum atomic E-state index is 12.4. The normalized spacial score (nSPS) is 11.8. The zero-order chi connectivity index (χ0) is 15.0. The van der Waals surface area contributed by atoms with Crippen LogP contribution >= 0.6 is 0 Å². The Morgan fingerprint density at radius 2 is 1.86 bits per heavy atom. The minimum Gasteiger partial charge on any atom is -0.296 e. The minimum absolute atomic E-state index is 0.0884. The fraction of sp³-hybridized carbons (Fsp3) is 0.267. The van der Waals surface area contributed by atoms with E-state index in [4.69, 9.17) is 0 Å². The standard InChI is InChI=1S/C15H17N5O/c1-15(2,3)11-4-6-12(7-5-11)20-14(21)13(8-17-20)19-10-16-9-18-19/h4-10,17H,1-3H3. The third kappa shape index (κ3) is 2.40. The highest BCUT2D eigenvalue weighted by Crippen LogP contribution is 2.22. The molecule has 2 heterocycles. The lowest BCUT2D eigenvalue weighted by Gasteiger charge is -2.19. The highest BCUT2D eigenvalue weighted by molar-refractivity contribution is 5.38. The first kappa shape index (κ1) is 13.4. The van der Waals surface area contributed by atoms with Gasteiger partial charge in [0.2, 0.25) is 0 Å². The predicted molar refractivity (Wildman–Crippen MR) is 80.0 cm³/mol. The fourth-order valence-corrected chi connectivity index (χ4v) is 2.16. The molecule has 6 heteroatoms. The Morgan fingerprint density at radius 1 is 1.14 bits per heavy atom. The van der Waals surface area contributed by atoms with Crippen LogP contribution in [0.4, 0.5) is 0 Å². The number of H-pyrrole nitrogens is 1. The zero-order valence-electron chi connectivity index (χ0n) is 12.2. The summed E-state index contributed by atoms with van der Waals surface area (Å²) in [5.74, 6) is 0. The number of nitrogens with one attached hydrogen (secondary N) is 1.